The van der Waals surface area contributed by atoms with E-state index < -0.39 is 0 Å². The summed E-state index contributed by atoms with van der Waals surface area (Å²) in [5.74, 6) is 1.11. The number of nitrogens with one attached hydrogen (secondary N) is 1. The molecule has 0 atom stereocenters. The highest BCUT2D eigenvalue weighted by Gasteiger charge is 2.25. The van der Waals surface area contributed by atoms with Crippen LogP contribution in [0.4, 0.5) is 11.4 Å². The zero-order valence-electron chi connectivity index (χ0n) is 18.3. The summed E-state index contributed by atoms with van der Waals surface area (Å²) in [7, 11) is 0. The fourth-order valence-electron chi connectivity index (χ4n) is 3.48. The fourth-order valence-corrected chi connectivity index (χ4v) is 3.48. The lowest BCUT2D eigenvalue weighted by Gasteiger charge is -2.29. The second-order valence-electron chi connectivity index (χ2n) is 7.85. The van der Waals surface area contributed by atoms with Gasteiger partial charge in [0.15, 0.2) is 6.61 Å². The molecule has 32 heavy (non-hydrogen) atoms. The minimum absolute atomic E-state index is 0.0266. The molecule has 1 N–H and O–H groups in total. The molecule has 3 aromatic carbocycles. The molecule has 2 amide bonds. The normalized spacial score (nSPS) is 12.7. The molecule has 6 heteroatoms. The fraction of sp³-hybridized carbons (Fsp3) is 0.231. The predicted octanol–water partition coefficient (Wildman–Crippen LogP) is 4.75. The smallest absolute Gasteiger partial charge is 0.265 e. The Kier molecular flexibility index (Phi) is 6.40. The Labute approximate surface area is 187 Å². The maximum Gasteiger partial charge on any atom is 0.265 e. The molecule has 3 aromatic rings. The van der Waals surface area contributed by atoms with Gasteiger partial charge in [0.25, 0.3) is 11.8 Å². The lowest BCUT2D eigenvalue weighted by molar-refractivity contribution is -0.121. The van der Waals surface area contributed by atoms with Gasteiger partial charge in [0.05, 0.1) is 12.3 Å². The van der Waals surface area contributed by atoms with Gasteiger partial charge in [0.1, 0.15) is 11.5 Å². The molecule has 0 radical (unpaired) electrons. The Morgan fingerprint density at radius 2 is 1.69 bits per heavy atom. The highest BCUT2D eigenvalue weighted by Crippen LogP contribution is 2.34. The molecule has 6 nitrogen and oxygen atoms in total. The van der Waals surface area contributed by atoms with Gasteiger partial charge in [-0.1, -0.05) is 35.4 Å². The molecule has 0 bridgehead atoms. The SMILES string of the molecule is Cc1ccc(OCCCN2C(=O)COc3cc(NC(=O)c4ccc(C)cc4)ccc32)cc1. The number of benzene rings is 3. The van der Waals surface area contributed by atoms with Gasteiger partial charge < -0.3 is 19.7 Å². The van der Waals surface area contributed by atoms with Crippen molar-refractivity contribution in [2.75, 3.05) is 30.0 Å². The molecular weight excluding hydrogens is 404 g/mol. The third kappa shape index (κ3) is 5.09. The number of fused-ring (bicyclic) bond motifs is 1. The second-order valence-corrected chi connectivity index (χ2v) is 7.85. The average molecular weight is 431 g/mol. The summed E-state index contributed by atoms with van der Waals surface area (Å²) in [6, 6.07) is 20.6. The summed E-state index contributed by atoms with van der Waals surface area (Å²) in [6.07, 6.45) is 0.685. The van der Waals surface area contributed by atoms with Gasteiger partial charge in [-0.05, 0) is 56.7 Å². The highest BCUT2D eigenvalue weighted by molar-refractivity contribution is 6.05. The van der Waals surface area contributed by atoms with Crippen molar-refractivity contribution >= 4 is 23.2 Å². The van der Waals surface area contributed by atoms with E-state index in [0.717, 1.165) is 11.3 Å². The van der Waals surface area contributed by atoms with Crippen molar-refractivity contribution < 1.29 is 19.1 Å². The average Bonchev–Trinajstić information content (AvgIpc) is 2.79. The molecule has 1 heterocycles. The molecule has 0 unspecified atom stereocenters. The Morgan fingerprint density at radius 1 is 1.00 bits per heavy atom. The number of rotatable bonds is 7. The summed E-state index contributed by atoms with van der Waals surface area (Å²) in [5, 5.41) is 2.89. The first-order valence-electron chi connectivity index (χ1n) is 10.6. The second kappa shape index (κ2) is 9.56. The molecule has 4 rings (SSSR count). The van der Waals surface area contributed by atoms with Crippen LogP contribution >= 0.6 is 0 Å². The summed E-state index contributed by atoms with van der Waals surface area (Å²) < 4.78 is 11.4. The number of anilines is 2. The monoisotopic (exact) mass is 430 g/mol. The third-order valence-corrected chi connectivity index (χ3v) is 5.29. The van der Waals surface area contributed by atoms with Crippen molar-refractivity contribution in [2.45, 2.75) is 20.3 Å². The van der Waals surface area contributed by atoms with E-state index in [1.54, 1.807) is 35.2 Å². The first kappa shape index (κ1) is 21.4. The van der Waals surface area contributed by atoms with Crippen molar-refractivity contribution in [1.82, 2.24) is 0 Å². The molecular formula is C26H26N2O4. The highest BCUT2D eigenvalue weighted by atomic mass is 16.5. The van der Waals surface area contributed by atoms with Crippen LogP contribution in [0.3, 0.4) is 0 Å². The van der Waals surface area contributed by atoms with Crippen LogP contribution in [0, 0.1) is 13.8 Å². The third-order valence-electron chi connectivity index (χ3n) is 5.29. The van der Waals surface area contributed by atoms with E-state index in [1.165, 1.54) is 5.56 Å². The summed E-state index contributed by atoms with van der Waals surface area (Å²) in [6.45, 7) is 5.01. The van der Waals surface area contributed by atoms with Crippen LogP contribution in [0.5, 0.6) is 11.5 Å². The van der Waals surface area contributed by atoms with E-state index in [-0.39, 0.29) is 18.4 Å². The molecule has 1 aliphatic heterocycles. The van der Waals surface area contributed by atoms with Gasteiger partial charge in [-0.3, -0.25) is 9.59 Å². The number of amides is 2. The molecule has 1 aliphatic rings. The van der Waals surface area contributed by atoms with Crippen molar-refractivity contribution in [2.24, 2.45) is 0 Å². The zero-order chi connectivity index (χ0) is 22.5. The number of ether oxygens (including phenoxy) is 2. The first-order chi connectivity index (χ1) is 15.5. The standard InChI is InChI=1S/C26H26N2O4/c1-18-4-8-20(9-5-18)26(30)27-21-10-13-23-24(16-21)32-17-25(29)28(23)14-3-15-31-22-11-6-19(2)7-12-22/h4-13,16H,3,14-15,17H2,1-2H3,(H,27,30). The van der Waals surface area contributed by atoms with E-state index >= 15 is 0 Å². The lowest BCUT2D eigenvalue weighted by Crippen LogP contribution is -2.39. The van der Waals surface area contributed by atoms with Gasteiger partial charge in [-0.15, -0.1) is 0 Å². The largest absolute Gasteiger partial charge is 0.494 e. The van der Waals surface area contributed by atoms with Gasteiger partial charge in [0, 0.05) is 23.9 Å². The maximum absolute atomic E-state index is 12.5. The van der Waals surface area contributed by atoms with Gasteiger partial charge >= 0.3 is 0 Å². The Bertz CT molecular complexity index is 1110. The van der Waals surface area contributed by atoms with Crippen LogP contribution in [0.15, 0.2) is 66.7 Å². The molecule has 164 valence electrons. The van der Waals surface area contributed by atoms with Gasteiger partial charge in [-0.25, -0.2) is 0 Å². The topological polar surface area (TPSA) is 67.9 Å². The molecule has 0 aromatic heterocycles. The van der Waals surface area contributed by atoms with Crippen LogP contribution in [0.2, 0.25) is 0 Å². The van der Waals surface area contributed by atoms with E-state index in [9.17, 15) is 9.59 Å². The van der Waals surface area contributed by atoms with Gasteiger partial charge in [-0.2, -0.15) is 0 Å². The number of carbonyl (C=O) groups excluding carboxylic acids is 2. The lowest BCUT2D eigenvalue weighted by atomic mass is 10.1. The number of hydrogen-bond donors (Lipinski definition) is 1. The molecule has 0 spiro atoms. The summed E-state index contributed by atoms with van der Waals surface area (Å²) in [4.78, 5) is 26.6. The van der Waals surface area contributed by atoms with E-state index in [2.05, 4.69) is 5.32 Å². The van der Waals surface area contributed by atoms with Gasteiger partial charge in [0.2, 0.25) is 0 Å². The van der Waals surface area contributed by atoms with Crippen LogP contribution in [-0.4, -0.2) is 31.6 Å². The van der Waals surface area contributed by atoms with Crippen molar-refractivity contribution in [3.8, 4) is 11.5 Å². The van der Waals surface area contributed by atoms with E-state index in [4.69, 9.17) is 9.47 Å². The maximum atomic E-state index is 12.5. The van der Waals surface area contributed by atoms with Crippen LogP contribution < -0.4 is 19.7 Å². The summed E-state index contributed by atoms with van der Waals surface area (Å²) >= 11 is 0. The van der Waals surface area contributed by atoms with Crippen LogP contribution in [0.1, 0.15) is 27.9 Å². The minimum atomic E-state index is -0.193. The quantitative estimate of drug-likeness (QED) is 0.549. The van der Waals surface area contributed by atoms with E-state index in [1.807, 2.05) is 50.2 Å². The van der Waals surface area contributed by atoms with Crippen molar-refractivity contribution in [1.29, 1.82) is 0 Å². The van der Waals surface area contributed by atoms with Crippen LogP contribution in [-0.2, 0) is 4.79 Å². The number of carbonyl (C=O) groups is 2. The van der Waals surface area contributed by atoms with Crippen molar-refractivity contribution in [3.63, 3.8) is 0 Å². The number of aryl methyl sites for hydroxylation is 2. The van der Waals surface area contributed by atoms with Crippen LogP contribution in [0.25, 0.3) is 0 Å². The predicted molar refractivity (Wildman–Crippen MR) is 125 cm³/mol. The minimum Gasteiger partial charge on any atom is -0.494 e. The Hall–Kier alpha value is -3.80. The van der Waals surface area contributed by atoms with Crippen molar-refractivity contribution in [3.05, 3.63) is 83.4 Å². The molecule has 0 fully saturated rings. The first-order valence-corrected chi connectivity index (χ1v) is 10.6. The molecule has 0 saturated heterocycles. The number of nitrogens with zero attached hydrogens (tertiary/aromatic N) is 1. The Balaban J connectivity index is 1.38. The zero-order valence-corrected chi connectivity index (χ0v) is 18.3. The molecule has 0 aliphatic carbocycles. The summed E-state index contributed by atoms with van der Waals surface area (Å²) in [5.41, 5.74) is 4.18. The number of hydrogen-bond acceptors (Lipinski definition) is 4. The molecule has 0 saturated carbocycles. The Morgan fingerprint density at radius 3 is 2.41 bits per heavy atom. The van der Waals surface area contributed by atoms with E-state index in [0.29, 0.717) is 42.3 Å².